The van der Waals surface area contributed by atoms with Gasteiger partial charge in [0.2, 0.25) is 0 Å². The zero-order valence-corrected chi connectivity index (χ0v) is 10.2. The summed E-state index contributed by atoms with van der Waals surface area (Å²) in [7, 11) is 0. The van der Waals surface area contributed by atoms with E-state index in [0.29, 0.717) is 10.6 Å². The molecule has 1 amide bonds. The molecule has 0 radical (unpaired) electrons. The molecule has 0 fully saturated rings. The highest BCUT2D eigenvalue weighted by Crippen LogP contribution is 2.15. The van der Waals surface area contributed by atoms with Gasteiger partial charge < -0.3 is 14.8 Å². The summed E-state index contributed by atoms with van der Waals surface area (Å²) in [6.45, 7) is 2.09. The summed E-state index contributed by atoms with van der Waals surface area (Å²) < 4.78 is 5.04. The predicted octanol–water partition coefficient (Wildman–Crippen LogP) is 2.11. The molecule has 0 aromatic carbocycles. The lowest BCUT2D eigenvalue weighted by atomic mass is 10.2. The second-order valence-corrected chi connectivity index (χ2v) is 4.94. The third-order valence-corrected chi connectivity index (χ3v) is 3.29. The van der Waals surface area contributed by atoms with Crippen molar-refractivity contribution in [2.45, 2.75) is 13.0 Å². The summed E-state index contributed by atoms with van der Waals surface area (Å²) in [4.78, 5) is 13.4. The van der Waals surface area contributed by atoms with Crippen LogP contribution in [0.3, 0.4) is 0 Å². The molecule has 0 aliphatic heterocycles. The first kappa shape index (κ1) is 11.9. The minimum atomic E-state index is -0.810. The number of thiophene rings is 1. The van der Waals surface area contributed by atoms with Gasteiger partial charge in [-0.2, -0.15) is 0 Å². The fourth-order valence-electron chi connectivity index (χ4n) is 1.41. The number of carbonyl (C=O) groups excluding carboxylic acids is 1. The normalized spacial score (nSPS) is 12.4. The lowest BCUT2D eigenvalue weighted by Gasteiger charge is -2.08. The molecule has 1 atom stereocenters. The highest BCUT2D eigenvalue weighted by Gasteiger charge is 2.13. The maximum Gasteiger partial charge on any atom is 0.261 e. The smallest absolute Gasteiger partial charge is 0.261 e. The maximum absolute atomic E-state index is 11.7. The molecule has 4 nitrogen and oxygen atoms in total. The zero-order chi connectivity index (χ0) is 12.3. The Balaban J connectivity index is 1.88. The van der Waals surface area contributed by atoms with Gasteiger partial charge in [0, 0.05) is 4.88 Å². The molecule has 0 saturated carbocycles. The van der Waals surface area contributed by atoms with E-state index in [2.05, 4.69) is 5.32 Å². The van der Waals surface area contributed by atoms with Crippen LogP contribution in [0.4, 0.5) is 0 Å². The fourth-order valence-corrected chi connectivity index (χ4v) is 2.20. The van der Waals surface area contributed by atoms with Crippen molar-refractivity contribution in [1.82, 2.24) is 5.32 Å². The van der Waals surface area contributed by atoms with Crippen LogP contribution < -0.4 is 5.32 Å². The van der Waals surface area contributed by atoms with Gasteiger partial charge in [-0.3, -0.25) is 4.79 Å². The average molecular weight is 251 g/mol. The van der Waals surface area contributed by atoms with Gasteiger partial charge in [0.05, 0.1) is 17.7 Å². The van der Waals surface area contributed by atoms with Crippen molar-refractivity contribution in [3.63, 3.8) is 0 Å². The summed E-state index contributed by atoms with van der Waals surface area (Å²) in [6.07, 6.45) is 0.679. The Hall–Kier alpha value is -1.59. The van der Waals surface area contributed by atoms with Crippen molar-refractivity contribution < 1.29 is 14.3 Å². The lowest BCUT2D eigenvalue weighted by Crippen LogP contribution is -2.27. The number of aliphatic hydroxyl groups is 1. The third-order valence-electron chi connectivity index (χ3n) is 2.29. The Morgan fingerprint density at radius 3 is 2.94 bits per heavy atom. The van der Waals surface area contributed by atoms with Crippen LogP contribution in [0, 0.1) is 6.92 Å². The van der Waals surface area contributed by atoms with Crippen molar-refractivity contribution in [2.75, 3.05) is 6.54 Å². The molecule has 5 heteroatoms. The molecular formula is C12H13NO3S. The quantitative estimate of drug-likeness (QED) is 0.874. The topological polar surface area (TPSA) is 62.5 Å². The van der Waals surface area contributed by atoms with Crippen LogP contribution in [0.1, 0.15) is 26.4 Å². The first-order valence-electron chi connectivity index (χ1n) is 5.23. The van der Waals surface area contributed by atoms with E-state index in [1.165, 1.54) is 17.6 Å². The molecular weight excluding hydrogens is 238 g/mol. The monoisotopic (exact) mass is 251 g/mol. The van der Waals surface area contributed by atoms with E-state index in [1.54, 1.807) is 18.2 Å². The molecule has 2 aromatic rings. The minimum Gasteiger partial charge on any atom is -0.467 e. The predicted molar refractivity (Wildman–Crippen MR) is 65.1 cm³/mol. The van der Waals surface area contributed by atoms with E-state index >= 15 is 0 Å². The molecule has 0 saturated heterocycles. The van der Waals surface area contributed by atoms with E-state index in [-0.39, 0.29) is 12.5 Å². The van der Waals surface area contributed by atoms with Gasteiger partial charge in [0.1, 0.15) is 11.9 Å². The molecule has 2 N–H and O–H groups in total. The molecule has 0 spiro atoms. The van der Waals surface area contributed by atoms with Gasteiger partial charge in [0.15, 0.2) is 0 Å². The van der Waals surface area contributed by atoms with Crippen molar-refractivity contribution in [2.24, 2.45) is 0 Å². The minimum absolute atomic E-state index is 0.142. The van der Waals surface area contributed by atoms with Crippen LogP contribution in [0.25, 0.3) is 0 Å². The number of aliphatic hydroxyl groups excluding tert-OH is 1. The Morgan fingerprint density at radius 2 is 2.35 bits per heavy atom. The van der Waals surface area contributed by atoms with Crippen molar-refractivity contribution in [1.29, 1.82) is 0 Å². The van der Waals surface area contributed by atoms with Crippen LogP contribution in [-0.2, 0) is 0 Å². The van der Waals surface area contributed by atoms with Gasteiger partial charge in [-0.15, -0.1) is 11.3 Å². The van der Waals surface area contributed by atoms with E-state index in [9.17, 15) is 9.90 Å². The molecule has 0 aliphatic carbocycles. The molecule has 0 bridgehead atoms. The third kappa shape index (κ3) is 2.95. The van der Waals surface area contributed by atoms with E-state index in [0.717, 1.165) is 4.88 Å². The first-order chi connectivity index (χ1) is 8.16. The van der Waals surface area contributed by atoms with Gasteiger partial charge in [-0.05, 0) is 31.2 Å². The number of carbonyl (C=O) groups is 1. The van der Waals surface area contributed by atoms with Crippen LogP contribution in [0.2, 0.25) is 0 Å². The summed E-state index contributed by atoms with van der Waals surface area (Å²) >= 11 is 1.43. The number of amides is 1. The maximum atomic E-state index is 11.7. The molecule has 17 heavy (non-hydrogen) atoms. The van der Waals surface area contributed by atoms with E-state index < -0.39 is 6.10 Å². The SMILES string of the molecule is Cc1ccc(C(=O)NCC(O)c2ccco2)s1. The van der Waals surface area contributed by atoms with Gasteiger partial charge >= 0.3 is 0 Å². The summed E-state index contributed by atoms with van der Waals surface area (Å²) in [5.41, 5.74) is 0. The van der Waals surface area contributed by atoms with Crippen LogP contribution in [-0.4, -0.2) is 17.6 Å². The van der Waals surface area contributed by atoms with Crippen LogP contribution in [0.15, 0.2) is 34.9 Å². The summed E-state index contributed by atoms with van der Waals surface area (Å²) in [5.74, 6) is 0.279. The summed E-state index contributed by atoms with van der Waals surface area (Å²) in [6, 6.07) is 7.03. The molecule has 90 valence electrons. The lowest BCUT2D eigenvalue weighted by molar-refractivity contribution is 0.0905. The number of hydrogen-bond donors (Lipinski definition) is 2. The molecule has 0 aliphatic rings. The number of hydrogen-bond acceptors (Lipinski definition) is 4. The van der Waals surface area contributed by atoms with E-state index in [1.807, 2.05) is 13.0 Å². The van der Waals surface area contributed by atoms with Crippen molar-refractivity contribution in [3.05, 3.63) is 46.0 Å². The number of aryl methyl sites for hydroxylation is 1. The largest absolute Gasteiger partial charge is 0.467 e. The Morgan fingerprint density at radius 1 is 1.53 bits per heavy atom. The zero-order valence-electron chi connectivity index (χ0n) is 9.34. The highest BCUT2D eigenvalue weighted by molar-refractivity contribution is 7.13. The van der Waals surface area contributed by atoms with Crippen LogP contribution >= 0.6 is 11.3 Å². The highest BCUT2D eigenvalue weighted by atomic mass is 32.1. The summed E-state index contributed by atoms with van der Waals surface area (Å²) in [5, 5.41) is 12.4. The van der Waals surface area contributed by atoms with Crippen molar-refractivity contribution >= 4 is 17.2 Å². The number of rotatable bonds is 4. The van der Waals surface area contributed by atoms with Gasteiger partial charge in [-0.1, -0.05) is 0 Å². The van der Waals surface area contributed by atoms with Crippen molar-refractivity contribution in [3.8, 4) is 0 Å². The van der Waals surface area contributed by atoms with Gasteiger partial charge in [0.25, 0.3) is 5.91 Å². The fraction of sp³-hybridized carbons (Fsp3) is 0.250. The molecule has 1 unspecified atom stereocenters. The number of nitrogens with one attached hydrogen (secondary N) is 1. The second kappa shape index (κ2) is 5.16. The second-order valence-electron chi connectivity index (χ2n) is 3.65. The first-order valence-corrected chi connectivity index (χ1v) is 6.04. The Kier molecular flexibility index (Phi) is 3.61. The standard InChI is InChI=1S/C12H13NO3S/c1-8-4-5-11(17-8)12(15)13-7-9(14)10-3-2-6-16-10/h2-6,9,14H,7H2,1H3,(H,13,15). The van der Waals surface area contributed by atoms with E-state index in [4.69, 9.17) is 4.42 Å². The Bertz CT molecular complexity index is 490. The molecule has 2 heterocycles. The number of furan rings is 1. The average Bonchev–Trinajstić information content (AvgIpc) is 2.95. The van der Waals surface area contributed by atoms with Crippen LogP contribution in [0.5, 0.6) is 0 Å². The molecule has 2 aromatic heterocycles. The molecule has 2 rings (SSSR count). The Labute approximate surface area is 103 Å². The van der Waals surface area contributed by atoms with Gasteiger partial charge in [-0.25, -0.2) is 0 Å².